The van der Waals surface area contributed by atoms with Crippen LogP contribution in [-0.4, -0.2) is 70.4 Å². The van der Waals surface area contributed by atoms with E-state index in [4.69, 9.17) is 14.2 Å². The van der Waals surface area contributed by atoms with Gasteiger partial charge in [0.25, 0.3) is 5.91 Å². The molecule has 12 nitrogen and oxygen atoms in total. The molecular weight excluding hydrogens is 654 g/mol. The fourth-order valence-electron chi connectivity index (χ4n) is 6.32. The molecule has 2 fully saturated rings. The third-order valence-electron chi connectivity index (χ3n) is 8.92. The highest BCUT2D eigenvalue weighted by atomic mass is 16.7. The fraction of sp³-hybridized carbons (Fsp3) is 0.308. The van der Waals surface area contributed by atoms with Gasteiger partial charge < -0.3 is 39.7 Å². The van der Waals surface area contributed by atoms with Crippen LogP contribution in [0.1, 0.15) is 59.2 Å². The van der Waals surface area contributed by atoms with Crippen molar-refractivity contribution in [3.8, 4) is 5.75 Å². The lowest BCUT2D eigenvalue weighted by Crippen LogP contribution is -2.42. The molecule has 0 spiro atoms. The first-order valence-corrected chi connectivity index (χ1v) is 16.8. The molecule has 4 aromatic rings. The fourth-order valence-corrected chi connectivity index (χ4v) is 6.32. The number of phenols is 1. The van der Waals surface area contributed by atoms with E-state index in [1.807, 2.05) is 66.5 Å². The van der Waals surface area contributed by atoms with Crippen molar-refractivity contribution in [3.05, 3.63) is 131 Å². The van der Waals surface area contributed by atoms with Crippen LogP contribution in [-0.2, 0) is 37.0 Å². The van der Waals surface area contributed by atoms with Crippen molar-refractivity contribution in [2.45, 2.75) is 56.7 Å². The van der Waals surface area contributed by atoms with E-state index in [1.165, 1.54) is 6.07 Å². The summed E-state index contributed by atoms with van der Waals surface area (Å²) in [6.07, 6.45) is -2.96. The van der Waals surface area contributed by atoms with Gasteiger partial charge in [-0.1, -0.05) is 78.9 Å². The molecule has 51 heavy (non-hydrogen) atoms. The van der Waals surface area contributed by atoms with Gasteiger partial charge in [-0.05, 0) is 53.6 Å². The van der Waals surface area contributed by atoms with Crippen LogP contribution in [0.15, 0.2) is 103 Å². The normalized spacial score (nSPS) is 21.1. The molecule has 1 unspecified atom stereocenters. The van der Waals surface area contributed by atoms with Crippen molar-refractivity contribution in [2.75, 3.05) is 25.0 Å². The van der Waals surface area contributed by atoms with Crippen molar-refractivity contribution >= 4 is 23.6 Å². The Morgan fingerprint density at radius 3 is 2.45 bits per heavy atom. The second-order valence-electron chi connectivity index (χ2n) is 12.8. The molecule has 2 saturated heterocycles. The molecule has 0 aliphatic carbocycles. The minimum Gasteiger partial charge on any atom is -0.508 e. The molecule has 3 amide bonds. The zero-order chi connectivity index (χ0) is 35.9. The average molecular weight is 696 g/mol. The number of nitrogens with zero attached hydrogens (tertiary/aromatic N) is 2. The maximum absolute atomic E-state index is 13.4. The summed E-state index contributed by atoms with van der Waals surface area (Å²) in [5.41, 5.74) is 3.94. The number of imide groups is 1. The van der Waals surface area contributed by atoms with Gasteiger partial charge in [0.2, 0.25) is 5.91 Å². The number of hydrogen-bond donors (Lipinski definition) is 4. The SMILES string of the molecule is CN(C[C@@H]1C[C@H](c2ccc(CO)cc2)O[C@H](c2cccc(N3C(=O)CC(NC(=O)OCc4ccccc4)C3=O)c2)O1)C[C@@H](O)c1cccc(O)c1. The number of carbonyl (C=O) groups excluding carboxylic acids is 3. The number of hydrogen-bond acceptors (Lipinski definition) is 10. The number of benzene rings is 4. The van der Waals surface area contributed by atoms with Crippen LogP contribution in [0.2, 0.25) is 0 Å². The van der Waals surface area contributed by atoms with Crippen molar-refractivity contribution in [1.82, 2.24) is 10.2 Å². The largest absolute Gasteiger partial charge is 0.508 e. The van der Waals surface area contributed by atoms with E-state index >= 15 is 0 Å². The predicted molar refractivity (Wildman–Crippen MR) is 186 cm³/mol. The van der Waals surface area contributed by atoms with Gasteiger partial charge in [-0.15, -0.1) is 0 Å². The van der Waals surface area contributed by atoms with Gasteiger partial charge >= 0.3 is 6.09 Å². The standard InChI is InChI=1S/C39H41N3O9/c1-41(22-34(45)28-9-6-12-31(44)18-28)21-32-19-35(27-15-13-25(23-43)14-16-27)51-38(50-32)29-10-5-11-30(17-29)42-36(46)20-33(37(42)47)40-39(48)49-24-26-7-3-2-4-8-26/h2-18,32-35,38,43-45H,19-24H2,1H3,(H,40,48)/t32-,33?,34+,35+,38+/m0/s1. The minimum absolute atomic E-state index is 0.0240. The number of rotatable bonds is 12. The molecule has 2 heterocycles. The first-order chi connectivity index (χ1) is 24.7. The van der Waals surface area contributed by atoms with Crippen molar-refractivity contribution in [3.63, 3.8) is 0 Å². The number of anilines is 1. The molecule has 2 aliphatic heterocycles. The number of amides is 3. The Hall–Kier alpha value is -5.11. The highest BCUT2D eigenvalue weighted by Gasteiger charge is 2.41. The van der Waals surface area contributed by atoms with E-state index in [0.717, 1.165) is 21.6 Å². The summed E-state index contributed by atoms with van der Waals surface area (Å²) in [7, 11) is 1.87. The second kappa shape index (κ2) is 16.3. The Labute approximate surface area is 295 Å². The molecule has 6 rings (SSSR count). The van der Waals surface area contributed by atoms with Gasteiger partial charge in [-0.25, -0.2) is 9.69 Å². The van der Waals surface area contributed by atoms with E-state index in [1.54, 1.807) is 42.5 Å². The van der Waals surface area contributed by atoms with Crippen LogP contribution >= 0.6 is 0 Å². The zero-order valence-corrected chi connectivity index (χ0v) is 28.1. The predicted octanol–water partition coefficient (Wildman–Crippen LogP) is 4.65. The number of aliphatic hydroxyl groups excluding tert-OH is 2. The number of aliphatic hydroxyl groups is 2. The Kier molecular flexibility index (Phi) is 11.4. The highest BCUT2D eigenvalue weighted by molar-refractivity contribution is 6.22. The summed E-state index contributed by atoms with van der Waals surface area (Å²) in [5, 5.41) is 32.8. The maximum atomic E-state index is 13.4. The molecule has 12 heteroatoms. The number of aromatic hydroxyl groups is 1. The lowest BCUT2D eigenvalue weighted by Gasteiger charge is -2.38. The second-order valence-corrected chi connectivity index (χ2v) is 12.8. The summed E-state index contributed by atoms with van der Waals surface area (Å²) in [4.78, 5) is 42.0. The molecule has 0 bridgehead atoms. The zero-order valence-electron chi connectivity index (χ0n) is 28.1. The van der Waals surface area contributed by atoms with Crippen LogP contribution in [0.4, 0.5) is 10.5 Å². The van der Waals surface area contributed by atoms with E-state index in [9.17, 15) is 29.7 Å². The quantitative estimate of drug-likeness (QED) is 0.154. The van der Waals surface area contributed by atoms with Crippen molar-refractivity contribution in [1.29, 1.82) is 0 Å². The smallest absolute Gasteiger partial charge is 0.408 e. The van der Waals surface area contributed by atoms with Gasteiger partial charge in [0, 0.05) is 25.1 Å². The Bertz CT molecular complexity index is 1820. The van der Waals surface area contributed by atoms with Gasteiger partial charge in [0.1, 0.15) is 18.4 Å². The summed E-state index contributed by atoms with van der Waals surface area (Å²) in [6.45, 7) is 0.667. The molecular formula is C39H41N3O9. The highest BCUT2D eigenvalue weighted by Crippen LogP contribution is 2.39. The summed E-state index contributed by atoms with van der Waals surface area (Å²) in [6, 6.07) is 28.8. The molecule has 0 radical (unpaired) electrons. The third-order valence-corrected chi connectivity index (χ3v) is 8.92. The first-order valence-electron chi connectivity index (χ1n) is 16.8. The van der Waals surface area contributed by atoms with Crippen LogP contribution in [0.3, 0.4) is 0 Å². The van der Waals surface area contributed by atoms with Crippen LogP contribution in [0, 0.1) is 0 Å². The number of nitrogens with one attached hydrogen (secondary N) is 1. The first kappa shape index (κ1) is 35.7. The Morgan fingerprint density at radius 1 is 0.941 bits per heavy atom. The molecule has 266 valence electrons. The van der Waals surface area contributed by atoms with Crippen LogP contribution < -0.4 is 10.2 Å². The number of carbonyl (C=O) groups is 3. The van der Waals surface area contributed by atoms with Crippen LogP contribution in [0.5, 0.6) is 5.75 Å². The van der Waals surface area contributed by atoms with Gasteiger partial charge in [0.15, 0.2) is 6.29 Å². The number of likely N-dealkylation sites (N-methyl/N-ethyl adjacent to an activating group) is 1. The van der Waals surface area contributed by atoms with E-state index in [-0.39, 0.29) is 44.1 Å². The van der Waals surface area contributed by atoms with E-state index in [2.05, 4.69) is 5.32 Å². The molecule has 4 aromatic carbocycles. The summed E-state index contributed by atoms with van der Waals surface area (Å²) in [5.74, 6) is -0.971. The monoisotopic (exact) mass is 695 g/mol. The number of alkyl carbamates (subject to hydrolysis) is 1. The van der Waals surface area contributed by atoms with Gasteiger partial charge in [-0.2, -0.15) is 0 Å². The third kappa shape index (κ3) is 8.98. The van der Waals surface area contributed by atoms with Crippen LogP contribution in [0.25, 0.3) is 0 Å². The number of ether oxygens (including phenoxy) is 3. The van der Waals surface area contributed by atoms with Crippen molar-refractivity contribution < 1.29 is 43.9 Å². The average Bonchev–Trinajstić information content (AvgIpc) is 3.42. The maximum Gasteiger partial charge on any atom is 0.408 e. The van der Waals surface area contributed by atoms with E-state index < -0.39 is 36.3 Å². The molecule has 0 aromatic heterocycles. The van der Waals surface area contributed by atoms with Gasteiger partial charge in [0.05, 0.1) is 37.0 Å². The Morgan fingerprint density at radius 2 is 1.71 bits per heavy atom. The number of phenolic OH excluding ortho intramolecular Hbond substituents is 1. The molecule has 0 saturated carbocycles. The topological polar surface area (TPSA) is 158 Å². The molecule has 2 aliphatic rings. The lowest BCUT2D eigenvalue weighted by atomic mass is 9.99. The molecule has 4 N–H and O–H groups in total. The minimum atomic E-state index is -1.08. The van der Waals surface area contributed by atoms with Gasteiger partial charge in [-0.3, -0.25) is 9.59 Å². The lowest BCUT2D eigenvalue weighted by molar-refractivity contribution is -0.252. The Balaban J connectivity index is 1.16. The van der Waals surface area contributed by atoms with Crippen molar-refractivity contribution in [2.24, 2.45) is 0 Å². The summed E-state index contributed by atoms with van der Waals surface area (Å²) < 4.78 is 18.2. The molecule has 5 atom stereocenters. The summed E-state index contributed by atoms with van der Waals surface area (Å²) >= 11 is 0. The van der Waals surface area contributed by atoms with E-state index in [0.29, 0.717) is 29.8 Å².